The van der Waals surface area contributed by atoms with E-state index in [1.165, 1.54) is 5.57 Å². The zero-order chi connectivity index (χ0) is 10.8. The van der Waals surface area contributed by atoms with Crippen molar-refractivity contribution >= 4 is 27.2 Å². The van der Waals surface area contributed by atoms with Crippen LogP contribution in [-0.4, -0.2) is 30.0 Å². The largest absolute Gasteiger partial charge is 0.397 e. The van der Waals surface area contributed by atoms with Crippen molar-refractivity contribution in [2.24, 2.45) is 0 Å². The van der Waals surface area contributed by atoms with Crippen LogP contribution < -0.4 is 5.73 Å². The molecular formula is C11H14BrN3. The van der Waals surface area contributed by atoms with E-state index in [1.807, 2.05) is 6.07 Å². The van der Waals surface area contributed by atoms with Crippen molar-refractivity contribution in [3.63, 3.8) is 0 Å². The third-order valence-electron chi connectivity index (χ3n) is 2.60. The average Bonchev–Trinajstić information content (AvgIpc) is 2.20. The fourth-order valence-electron chi connectivity index (χ4n) is 1.71. The maximum atomic E-state index is 5.94. The molecule has 0 saturated carbocycles. The van der Waals surface area contributed by atoms with Crippen molar-refractivity contribution in [3.05, 3.63) is 28.5 Å². The first-order valence-corrected chi connectivity index (χ1v) is 5.75. The second kappa shape index (κ2) is 4.33. The molecule has 1 aliphatic heterocycles. The van der Waals surface area contributed by atoms with E-state index in [2.05, 4.69) is 38.9 Å². The number of anilines is 1. The van der Waals surface area contributed by atoms with Gasteiger partial charge in [0, 0.05) is 23.8 Å². The number of likely N-dealkylation sites (N-methyl/N-ethyl adjacent to an activating group) is 1. The van der Waals surface area contributed by atoms with Crippen LogP contribution >= 0.6 is 15.9 Å². The smallest absolute Gasteiger partial charge is 0.0889 e. The topological polar surface area (TPSA) is 42.2 Å². The SMILES string of the molecule is CN1CC=C(c2ncc(Br)cc2N)CC1. The molecular weight excluding hydrogens is 254 g/mol. The van der Waals surface area contributed by atoms with E-state index >= 15 is 0 Å². The van der Waals surface area contributed by atoms with Crippen molar-refractivity contribution < 1.29 is 0 Å². The molecule has 2 heterocycles. The molecule has 15 heavy (non-hydrogen) atoms. The minimum absolute atomic E-state index is 0.750. The van der Waals surface area contributed by atoms with Gasteiger partial charge in [-0.05, 0) is 41.0 Å². The molecule has 1 aromatic rings. The molecule has 0 bridgehead atoms. The van der Waals surface area contributed by atoms with Crippen molar-refractivity contribution in [2.75, 3.05) is 25.9 Å². The second-order valence-electron chi connectivity index (χ2n) is 3.83. The van der Waals surface area contributed by atoms with Gasteiger partial charge in [-0.3, -0.25) is 4.98 Å². The Bertz CT molecular complexity index is 401. The molecule has 0 atom stereocenters. The summed E-state index contributed by atoms with van der Waals surface area (Å²) in [5, 5.41) is 0. The predicted octanol–water partition coefficient (Wildman–Crippen LogP) is 2.15. The van der Waals surface area contributed by atoms with Crippen molar-refractivity contribution in [2.45, 2.75) is 6.42 Å². The van der Waals surface area contributed by atoms with E-state index < -0.39 is 0 Å². The molecule has 0 spiro atoms. The quantitative estimate of drug-likeness (QED) is 0.848. The van der Waals surface area contributed by atoms with Gasteiger partial charge in [0.1, 0.15) is 0 Å². The number of pyridine rings is 1. The number of hydrogen-bond donors (Lipinski definition) is 1. The van der Waals surface area contributed by atoms with E-state index in [9.17, 15) is 0 Å². The van der Waals surface area contributed by atoms with Gasteiger partial charge >= 0.3 is 0 Å². The Morgan fingerprint density at radius 2 is 2.33 bits per heavy atom. The number of hydrogen-bond acceptors (Lipinski definition) is 3. The predicted molar refractivity (Wildman–Crippen MR) is 66.4 cm³/mol. The molecule has 0 saturated heterocycles. The fourth-order valence-corrected chi connectivity index (χ4v) is 2.06. The van der Waals surface area contributed by atoms with Crippen LogP contribution in [0.3, 0.4) is 0 Å². The van der Waals surface area contributed by atoms with Gasteiger partial charge in [0.05, 0.1) is 11.4 Å². The third kappa shape index (κ3) is 2.38. The van der Waals surface area contributed by atoms with E-state index in [1.54, 1.807) is 6.20 Å². The summed E-state index contributed by atoms with van der Waals surface area (Å²) in [5.41, 5.74) is 8.89. The lowest BCUT2D eigenvalue weighted by Crippen LogP contribution is -2.24. The lowest BCUT2D eigenvalue weighted by Gasteiger charge is -2.22. The molecule has 0 amide bonds. The van der Waals surface area contributed by atoms with Gasteiger partial charge in [-0.1, -0.05) is 6.08 Å². The van der Waals surface area contributed by atoms with E-state index in [0.29, 0.717) is 0 Å². The molecule has 2 N–H and O–H groups in total. The van der Waals surface area contributed by atoms with Crippen LogP contribution in [0.4, 0.5) is 5.69 Å². The normalized spacial score (nSPS) is 17.6. The first-order chi connectivity index (χ1) is 7.16. The van der Waals surface area contributed by atoms with E-state index in [4.69, 9.17) is 5.73 Å². The Morgan fingerprint density at radius 1 is 1.53 bits per heavy atom. The highest BCUT2D eigenvalue weighted by Gasteiger charge is 2.12. The van der Waals surface area contributed by atoms with Gasteiger partial charge in [-0.15, -0.1) is 0 Å². The summed E-state index contributed by atoms with van der Waals surface area (Å²) in [7, 11) is 2.12. The maximum absolute atomic E-state index is 5.94. The lowest BCUT2D eigenvalue weighted by atomic mass is 10.0. The Kier molecular flexibility index (Phi) is 3.07. The highest BCUT2D eigenvalue weighted by molar-refractivity contribution is 9.10. The molecule has 0 unspecified atom stereocenters. The number of nitrogens with two attached hydrogens (primary N) is 1. The van der Waals surface area contributed by atoms with Crippen LogP contribution in [0.1, 0.15) is 12.1 Å². The molecule has 2 rings (SSSR count). The number of rotatable bonds is 1. The Labute approximate surface area is 98.1 Å². The van der Waals surface area contributed by atoms with Gasteiger partial charge < -0.3 is 10.6 Å². The average molecular weight is 268 g/mol. The monoisotopic (exact) mass is 267 g/mol. The summed E-state index contributed by atoms with van der Waals surface area (Å²) >= 11 is 3.36. The Balaban J connectivity index is 2.30. The maximum Gasteiger partial charge on any atom is 0.0889 e. The summed E-state index contributed by atoms with van der Waals surface area (Å²) in [6.07, 6.45) is 5.02. The summed E-state index contributed by atoms with van der Waals surface area (Å²) in [5.74, 6) is 0. The summed E-state index contributed by atoms with van der Waals surface area (Å²) in [6, 6.07) is 1.90. The molecule has 3 nitrogen and oxygen atoms in total. The van der Waals surface area contributed by atoms with Crippen LogP contribution in [0.15, 0.2) is 22.8 Å². The highest BCUT2D eigenvalue weighted by Crippen LogP contribution is 2.26. The lowest BCUT2D eigenvalue weighted by molar-refractivity contribution is 0.370. The van der Waals surface area contributed by atoms with Crippen LogP contribution in [0.2, 0.25) is 0 Å². The van der Waals surface area contributed by atoms with Gasteiger partial charge in [0.2, 0.25) is 0 Å². The zero-order valence-corrected chi connectivity index (χ0v) is 10.3. The third-order valence-corrected chi connectivity index (χ3v) is 3.03. The molecule has 4 heteroatoms. The van der Waals surface area contributed by atoms with Gasteiger partial charge in [-0.2, -0.15) is 0 Å². The molecule has 0 fully saturated rings. The molecule has 0 radical (unpaired) electrons. The summed E-state index contributed by atoms with van der Waals surface area (Å²) in [4.78, 5) is 6.64. The summed E-state index contributed by atoms with van der Waals surface area (Å²) < 4.78 is 0.928. The molecule has 0 aromatic carbocycles. The van der Waals surface area contributed by atoms with E-state index in [-0.39, 0.29) is 0 Å². The fraction of sp³-hybridized carbons (Fsp3) is 0.364. The van der Waals surface area contributed by atoms with E-state index in [0.717, 1.165) is 35.4 Å². The van der Waals surface area contributed by atoms with Gasteiger partial charge in [-0.25, -0.2) is 0 Å². The minimum Gasteiger partial charge on any atom is -0.397 e. The van der Waals surface area contributed by atoms with Gasteiger partial charge in [0.15, 0.2) is 0 Å². The molecule has 80 valence electrons. The van der Waals surface area contributed by atoms with Gasteiger partial charge in [0.25, 0.3) is 0 Å². The first kappa shape index (κ1) is 10.6. The number of halogens is 1. The van der Waals surface area contributed by atoms with Crippen molar-refractivity contribution in [1.82, 2.24) is 9.88 Å². The molecule has 0 aliphatic carbocycles. The van der Waals surface area contributed by atoms with Crippen molar-refractivity contribution in [3.8, 4) is 0 Å². The number of nitrogens with zero attached hydrogens (tertiary/aromatic N) is 2. The minimum atomic E-state index is 0.750. The van der Waals surface area contributed by atoms with Crippen LogP contribution in [0, 0.1) is 0 Å². The molecule has 1 aromatic heterocycles. The van der Waals surface area contributed by atoms with Crippen molar-refractivity contribution in [1.29, 1.82) is 0 Å². The molecule has 1 aliphatic rings. The zero-order valence-electron chi connectivity index (χ0n) is 8.70. The Hall–Kier alpha value is -0.870. The first-order valence-electron chi connectivity index (χ1n) is 4.96. The van der Waals surface area contributed by atoms with Crippen LogP contribution in [0.5, 0.6) is 0 Å². The Morgan fingerprint density at radius 3 is 2.93 bits per heavy atom. The van der Waals surface area contributed by atoms with Crippen LogP contribution in [0.25, 0.3) is 5.57 Å². The standard InChI is InChI=1S/C11H14BrN3/c1-15-4-2-8(3-5-15)11-10(13)6-9(12)7-14-11/h2,6-7H,3-5,13H2,1H3. The second-order valence-corrected chi connectivity index (χ2v) is 4.75. The highest BCUT2D eigenvalue weighted by atomic mass is 79.9. The number of nitrogen functional groups attached to an aromatic ring is 1. The summed E-state index contributed by atoms with van der Waals surface area (Å²) in [6.45, 7) is 2.05. The number of aromatic nitrogens is 1. The van der Waals surface area contributed by atoms with Crippen LogP contribution in [-0.2, 0) is 0 Å².